The van der Waals surface area contributed by atoms with Gasteiger partial charge < -0.3 is 10.6 Å². The van der Waals surface area contributed by atoms with E-state index in [-0.39, 0.29) is 16.9 Å². The van der Waals surface area contributed by atoms with Gasteiger partial charge in [0.15, 0.2) is 11.6 Å². The van der Waals surface area contributed by atoms with Crippen molar-refractivity contribution < 1.29 is 23.3 Å². The molecule has 0 fully saturated rings. The maximum Gasteiger partial charge on any atom is 0.273 e. The van der Waals surface area contributed by atoms with Gasteiger partial charge in [-0.15, -0.1) is 0 Å². The molecule has 0 bridgehead atoms. The Balaban J connectivity index is 1.97. The number of anilines is 1. The Morgan fingerprint density at radius 3 is 2.48 bits per heavy atom. The van der Waals surface area contributed by atoms with Gasteiger partial charge in [0, 0.05) is 28.9 Å². The molecule has 2 aromatic carbocycles. The van der Waals surface area contributed by atoms with Crippen molar-refractivity contribution in [1.82, 2.24) is 5.32 Å². The Bertz CT molecular complexity index is 855. The molecule has 0 saturated carbocycles. The number of benzene rings is 2. The summed E-state index contributed by atoms with van der Waals surface area (Å²) in [6.07, 6.45) is 0. The minimum atomic E-state index is -1.12. The fraction of sp³-hybridized carbons (Fsp3) is 0.125. The highest BCUT2D eigenvalue weighted by atomic mass is 19.2. The number of nitrogens with zero attached hydrogens (tertiary/aromatic N) is 1. The van der Waals surface area contributed by atoms with Crippen LogP contribution in [-0.4, -0.2) is 23.3 Å². The smallest absolute Gasteiger partial charge is 0.273 e. The third-order valence-corrected chi connectivity index (χ3v) is 3.28. The third kappa shape index (κ3) is 4.56. The molecule has 0 aliphatic rings. The van der Waals surface area contributed by atoms with Crippen LogP contribution < -0.4 is 10.6 Å². The minimum Gasteiger partial charge on any atom is -0.343 e. The minimum absolute atomic E-state index is 0.0259. The number of hydrogen-bond donors (Lipinski definition) is 2. The summed E-state index contributed by atoms with van der Waals surface area (Å²) in [5, 5.41) is 15.4. The van der Waals surface area contributed by atoms with Crippen LogP contribution in [0.15, 0.2) is 36.4 Å². The number of carbonyl (C=O) groups is 2. The van der Waals surface area contributed by atoms with Gasteiger partial charge in [-0.25, -0.2) is 8.78 Å². The second-order valence-electron chi connectivity index (χ2n) is 5.12. The number of nitro benzene ring substituents is 1. The molecule has 0 atom stereocenters. The van der Waals surface area contributed by atoms with Gasteiger partial charge in [0.25, 0.3) is 11.6 Å². The molecule has 2 N–H and O–H groups in total. The Labute approximate surface area is 140 Å². The molecule has 0 heterocycles. The maximum atomic E-state index is 13.0. The van der Waals surface area contributed by atoms with Crippen molar-refractivity contribution >= 4 is 23.2 Å². The van der Waals surface area contributed by atoms with Gasteiger partial charge in [-0.2, -0.15) is 0 Å². The fourth-order valence-corrected chi connectivity index (χ4v) is 1.99. The largest absolute Gasteiger partial charge is 0.343 e. The van der Waals surface area contributed by atoms with Gasteiger partial charge >= 0.3 is 0 Å². The van der Waals surface area contributed by atoms with Crippen molar-refractivity contribution in [3.8, 4) is 0 Å². The van der Waals surface area contributed by atoms with Gasteiger partial charge in [0.1, 0.15) is 0 Å². The zero-order valence-corrected chi connectivity index (χ0v) is 13.0. The SMILES string of the molecule is Cc1ccc(C(=O)NCC(=O)Nc2ccc(F)c(F)c2)cc1[N+](=O)[O-]. The Hall–Kier alpha value is -3.36. The normalized spacial score (nSPS) is 10.2. The van der Waals surface area contributed by atoms with E-state index in [4.69, 9.17) is 0 Å². The van der Waals surface area contributed by atoms with Gasteiger partial charge in [-0.1, -0.05) is 6.07 Å². The molecule has 0 radical (unpaired) electrons. The summed E-state index contributed by atoms with van der Waals surface area (Å²) in [7, 11) is 0. The molecule has 7 nitrogen and oxygen atoms in total. The molecule has 0 aromatic heterocycles. The van der Waals surface area contributed by atoms with E-state index < -0.39 is 34.9 Å². The highest BCUT2D eigenvalue weighted by molar-refractivity contribution is 5.99. The summed E-state index contributed by atoms with van der Waals surface area (Å²) in [6.45, 7) is 1.09. The van der Waals surface area contributed by atoms with Crippen molar-refractivity contribution in [2.24, 2.45) is 0 Å². The first-order chi connectivity index (χ1) is 11.8. The number of nitro groups is 1. The molecule has 9 heteroatoms. The first-order valence-corrected chi connectivity index (χ1v) is 7.06. The highest BCUT2D eigenvalue weighted by Crippen LogP contribution is 2.19. The van der Waals surface area contributed by atoms with Crippen LogP contribution in [0.3, 0.4) is 0 Å². The van der Waals surface area contributed by atoms with Crippen LogP contribution in [0.1, 0.15) is 15.9 Å². The average molecular weight is 349 g/mol. The molecular formula is C16H13F2N3O4. The Morgan fingerprint density at radius 2 is 1.84 bits per heavy atom. The van der Waals surface area contributed by atoms with E-state index in [0.717, 1.165) is 18.2 Å². The number of rotatable bonds is 5. The van der Waals surface area contributed by atoms with Crippen LogP contribution in [0.2, 0.25) is 0 Å². The highest BCUT2D eigenvalue weighted by Gasteiger charge is 2.15. The molecule has 25 heavy (non-hydrogen) atoms. The number of hydrogen-bond acceptors (Lipinski definition) is 4. The fourth-order valence-electron chi connectivity index (χ4n) is 1.99. The lowest BCUT2D eigenvalue weighted by Gasteiger charge is -2.08. The van der Waals surface area contributed by atoms with E-state index in [2.05, 4.69) is 10.6 Å². The van der Waals surface area contributed by atoms with Crippen molar-refractivity contribution in [2.45, 2.75) is 6.92 Å². The summed E-state index contributed by atoms with van der Waals surface area (Å²) in [5.41, 5.74) is 0.249. The summed E-state index contributed by atoms with van der Waals surface area (Å²) >= 11 is 0. The van der Waals surface area contributed by atoms with Crippen LogP contribution in [0.4, 0.5) is 20.2 Å². The number of carbonyl (C=O) groups excluding carboxylic acids is 2. The second kappa shape index (κ2) is 7.47. The van der Waals surface area contributed by atoms with E-state index in [1.807, 2.05) is 0 Å². The van der Waals surface area contributed by atoms with E-state index in [1.54, 1.807) is 0 Å². The van der Waals surface area contributed by atoms with Gasteiger partial charge in [-0.05, 0) is 25.1 Å². The molecule has 0 saturated heterocycles. The summed E-state index contributed by atoms with van der Waals surface area (Å²) in [5.74, 6) is -3.51. The predicted molar refractivity (Wildman–Crippen MR) is 85.2 cm³/mol. The molecule has 0 aliphatic heterocycles. The van der Waals surface area contributed by atoms with E-state index in [1.165, 1.54) is 25.1 Å². The number of aryl methyl sites for hydroxylation is 1. The van der Waals surface area contributed by atoms with Crippen molar-refractivity contribution in [2.75, 3.05) is 11.9 Å². The molecule has 130 valence electrons. The molecule has 2 aromatic rings. The number of amides is 2. The summed E-state index contributed by atoms with van der Waals surface area (Å²) in [6, 6.07) is 6.76. The summed E-state index contributed by atoms with van der Waals surface area (Å²) < 4.78 is 25.9. The molecule has 0 spiro atoms. The quantitative estimate of drug-likeness (QED) is 0.640. The van der Waals surface area contributed by atoms with E-state index in [0.29, 0.717) is 5.56 Å². The van der Waals surface area contributed by atoms with E-state index >= 15 is 0 Å². The Morgan fingerprint density at radius 1 is 1.12 bits per heavy atom. The van der Waals surface area contributed by atoms with Crippen molar-refractivity contribution in [3.63, 3.8) is 0 Å². The molecule has 2 amide bonds. The van der Waals surface area contributed by atoms with Crippen LogP contribution >= 0.6 is 0 Å². The Kier molecular flexibility index (Phi) is 5.38. The lowest BCUT2D eigenvalue weighted by atomic mass is 10.1. The number of nitrogens with one attached hydrogen (secondary N) is 2. The third-order valence-electron chi connectivity index (χ3n) is 3.28. The zero-order chi connectivity index (χ0) is 18.6. The monoisotopic (exact) mass is 349 g/mol. The van der Waals surface area contributed by atoms with Gasteiger partial charge in [0.05, 0.1) is 11.5 Å². The van der Waals surface area contributed by atoms with E-state index in [9.17, 15) is 28.5 Å². The van der Waals surface area contributed by atoms with Crippen molar-refractivity contribution in [1.29, 1.82) is 0 Å². The van der Waals surface area contributed by atoms with Crippen LogP contribution in [0, 0.1) is 28.7 Å². The molecular weight excluding hydrogens is 336 g/mol. The zero-order valence-electron chi connectivity index (χ0n) is 13.0. The lowest BCUT2D eigenvalue weighted by molar-refractivity contribution is -0.385. The summed E-state index contributed by atoms with van der Waals surface area (Å²) in [4.78, 5) is 33.9. The molecule has 2 rings (SSSR count). The van der Waals surface area contributed by atoms with Crippen molar-refractivity contribution in [3.05, 3.63) is 69.3 Å². The standard InChI is InChI=1S/C16H13F2N3O4/c1-9-2-3-10(6-14(9)21(24)25)16(23)19-8-15(22)20-11-4-5-12(17)13(18)7-11/h2-7H,8H2,1H3,(H,19,23)(H,20,22). The van der Waals surface area contributed by atoms with Crippen LogP contribution in [0.5, 0.6) is 0 Å². The molecule has 0 aliphatic carbocycles. The van der Waals surface area contributed by atoms with Gasteiger partial charge in [-0.3, -0.25) is 19.7 Å². The topological polar surface area (TPSA) is 101 Å². The van der Waals surface area contributed by atoms with Crippen LogP contribution in [-0.2, 0) is 4.79 Å². The van der Waals surface area contributed by atoms with Gasteiger partial charge in [0.2, 0.25) is 5.91 Å². The predicted octanol–water partition coefficient (Wildman–Crippen LogP) is 2.55. The first-order valence-electron chi connectivity index (χ1n) is 7.06. The number of halogens is 2. The maximum absolute atomic E-state index is 13.0. The first kappa shape index (κ1) is 18.0. The average Bonchev–Trinajstić information content (AvgIpc) is 2.56. The van der Waals surface area contributed by atoms with Crippen LogP contribution in [0.25, 0.3) is 0 Å². The lowest BCUT2D eigenvalue weighted by Crippen LogP contribution is -2.32. The molecule has 0 unspecified atom stereocenters. The second-order valence-corrected chi connectivity index (χ2v) is 5.12.